The summed E-state index contributed by atoms with van der Waals surface area (Å²) in [7, 11) is -3.73. The normalized spacial score (nSPS) is 20.1. The summed E-state index contributed by atoms with van der Waals surface area (Å²) in [6, 6.07) is 3.92. The summed E-state index contributed by atoms with van der Waals surface area (Å²) in [4.78, 5) is 2.22. The lowest BCUT2D eigenvalue weighted by Crippen LogP contribution is -2.48. The first kappa shape index (κ1) is 18.3. The summed E-state index contributed by atoms with van der Waals surface area (Å²) in [6.07, 6.45) is -0.187. The van der Waals surface area contributed by atoms with Crippen LogP contribution in [0.3, 0.4) is 0 Å². The summed E-state index contributed by atoms with van der Waals surface area (Å²) >= 11 is 0. The Bertz CT molecular complexity index is 634. The van der Waals surface area contributed by atoms with Crippen LogP contribution in [0.2, 0.25) is 0 Å². The van der Waals surface area contributed by atoms with Crippen molar-refractivity contribution in [2.45, 2.75) is 31.8 Å². The molecule has 0 saturated carbocycles. The lowest BCUT2D eigenvalue weighted by atomic mass is 10.2. The first-order valence-electron chi connectivity index (χ1n) is 7.87. The molecule has 0 bridgehead atoms. The van der Waals surface area contributed by atoms with E-state index in [9.17, 15) is 12.8 Å². The van der Waals surface area contributed by atoms with E-state index in [2.05, 4.69) is 23.5 Å². The zero-order valence-corrected chi connectivity index (χ0v) is 14.7. The van der Waals surface area contributed by atoms with Gasteiger partial charge in [0.2, 0.25) is 10.0 Å². The van der Waals surface area contributed by atoms with Crippen molar-refractivity contribution in [2.75, 3.05) is 32.8 Å². The average molecular weight is 344 g/mol. The maximum absolute atomic E-state index is 13.6. The molecular formula is C16H25FN2O3S. The van der Waals surface area contributed by atoms with E-state index in [1.54, 1.807) is 6.92 Å². The Balaban J connectivity index is 1.94. The van der Waals surface area contributed by atoms with E-state index < -0.39 is 15.8 Å². The fraction of sp³-hybridized carbons (Fsp3) is 0.625. The molecule has 1 aromatic carbocycles. The van der Waals surface area contributed by atoms with Crippen molar-refractivity contribution in [1.29, 1.82) is 0 Å². The van der Waals surface area contributed by atoms with Gasteiger partial charge in [-0.05, 0) is 30.5 Å². The lowest BCUT2D eigenvalue weighted by Gasteiger charge is -2.33. The van der Waals surface area contributed by atoms with Crippen molar-refractivity contribution in [2.24, 2.45) is 5.92 Å². The van der Waals surface area contributed by atoms with Crippen LogP contribution in [0.4, 0.5) is 4.39 Å². The number of ether oxygens (including phenoxy) is 1. The highest BCUT2D eigenvalue weighted by atomic mass is 32.2. The zero-order chi connectivity index (χ0) is 17.0. The highest BCUT2D eigenvalue weighted by molar-refractivity contribution is 7.89. The van der Waals surface area contributed by atoms with Gasteiger partial charge in [0.25, 0.3) is 0 Å². The van der Waals surface area contributed by atoms with Gasteiger partial charge in [0, 0.05) is 26.2 Å². The van der Waals surface area contributed by atoms with Crippen LogP contribution in [0.1, 0.15) is 19.4 Å². The van der Waals surface area contributed by atoms with Gasteiger partial charge in [-0.25, -0.2) is 17.5 Å². The average Bonchev–Trinajstić information content (AvgIpc) is 2.48. The fourth-order valence-corrected chi connectivity index (χ4v) is 3.69. The van der Waals surface area contributed by atoms with Gasteiger partial charge in [-0.15, -0.1) is 0 Å². The van der Waals surface area contributed by atoms with Crippen molar-refractivity contribution in [1.82, 2.24) is 9.62 Å². The molecule has 23 heavy (non-hydrogen) atoms. The molecule has 5 nitrogen and oxygen atoms in total. The van der Waals surface area contributed by atoms with Crippen LogP contribution >= 0.6 is 0 Å². The second-order valence-corrected chi connectivity index (χ2v) is 8.18. The minimum absolute atomic E-state index is 0.0598. The molecule has 0 aliphatic carbocycles. The van der Waals surface area contributed by atoms with E-state index in [1.807, 2.05) is 0 Å². The number of rotatable bonds is 6. The van der Waals surface area contributed by atoms with Gasteiger partial charge >= 0.3 is 0 Å². The predicted octanol–water partition coefficient (Wildman–Crippen LogP) is 1.77. The molecule has 0 aromatic heterocycles. The molecule has 1 N–H and O–H groups in total. The maximum atomic E-state index is 13.6. The quantitative estimate of drug-likeness (QED) is 0.854. The molecule has 0 unspecified atom stereocenters. The van der Waals surface area contributed by atoms with E-state index in [0.717, 1.165) is 19.2 Å². The van der Waals surface area contributed by atoms with E-state index >= 15 is 0 Å². The number of nitrogens with one attached hydrogen (secondary N) is 1. The molecule has 0 spiro atoms. The second-order valence-electron chi connectivity index (χ2n) is 6.41. The minimum atomic E-state index is -3.73. The molecule has 2 rings (SSSR count). The first-order chi connectivity index (χ1) is 10.8. The fourth-order valence-electron chi connectivity index (χ4n) is 2.61. The molecule has 1 saturated heterocycles. The number of benzene rings is 1. The van der Waals surface area contributed by atoms with Crippen LogP contribution in [-0.2, 0) is 14.8 Å². The third-order valence-corrected chi connectivity index (χ3v) is 5.22. The van der Waals surface area contributed by atoms with Gasteiger partial charge in [-0.2, -0.15) is 0 Å². The van der Waals surface area contributed by atoms with Crippen molar-refractivity contribution in [3.63, 3.8) is 0 Å². The monoisotopic (exact) mass is 344 g/mol. The lowest BCUT2D eigenvalue weighted by molar-refractivity contribution is -0.0280. The van der Waals surface area contributed by atoms with Crippen molar-refractivity contribution < 1.29 is 17.5 Å². The van der Waals surface area contributed by atoms with Crippen LogP contribution in [0.15, 0.2) is 23.1 Å². The predicted molar refractivity (Wildman–Crippen MR) is 87.3 cm³/mol. The molecule has 0 amide bonds. The Labute approximate surface area is 137 Å². The largest absolute Gasteiger partial charge is 0.374 e. The van der Waals surface area contributed by atoms with Crippen LogP contribution < -0.4 is 4.72 Å². The topological polar surface area (TPSA) is 58.6 Å². The maximum Gasteiger partial charge on any atom is 0.240 e. The van der Waals surface area contributed by atoms with E-state index in [-0.39, 0.29) is 17.5 Å². The first-order valence-corrected chi connectivity index (χ1v) is 9.36. The van der Waals surface area contributed by atoms with Gasteiger partial charge in [0.15, 0.2) is 0 Å². The number of nitrogens with zero attached hydrogens (tertiary/aromatic N) is 1. The molecule has 1 aliphatic rings. The van der Waals surface area contributed by atoms with Crippen molar-refractivity contribution in [3.8, 4) is 0 Å². The Morgan fingerprint density at radius 1 is 1.43 bits per heavy atom. The SMILES string of the molecule is Cc1ccc(S(=O)(=O)NC[C@H]2CN(CC(C)C)CCO2)cc1F. The molecule has 0 radical (unpaired) electrons. The highest BCUT2D eigenvalue weighted by Crippen LogP contribution is 2.14. The van der Waals surface area contributed by atoms with Gasteiger partial charge in [-0.1, -0.05) is 19.9 Å². The molecule has 1 atom stereocenters. The van der Waals surface area contributed by atoms with Gasteiger partial charge < -0.3 is 4.74 Å². The van der Waals surface area contributed by atoms with Gasteiger partial charge in [0.05, 0.1) is 17.6 Å². The number of sulfonamides is 1. The van der Waals surface area contributed by atoms with Gasteiger partial charge in [0.1, 0.15) is 5.82 Å². The summed E-state index contributed by atoms with van der Waals surface area (Å²) in [6.45, 7) is 9.21. The molecule has 1 aliphatic heterocycles. The van der Waals surface area contributed by atoms with E-state index in [1.165, 1.54) is 12.1 Å². The molecular weight excluding hydrogens is 319 g/mol. The summed E-state index contributed by atoms with van der Waals surface area (Å²) in [5, 5.41) is 0. The number of aryl methyl sites for hydroxylation is 1. The Morgan fingerprint density at radius 2 is 2.17 bits per heavy atom. The van der Waals surface area contributed by atoms with Crippen LogP contribution in [0.25, 0.3) is 0 Å². The van der Waals surface area contributed by atoms with Crippen LogP contribution in [-0.4, -0.2) is 52.2 Å². The summed E-state index contributed by atoms with van der Waals surface area (Å²) in [5.41, 5.74) is 0.420. The highest BCUT2D eigenvalue weighted by Gasteiger charge is 2.23. The second kappa shape index (κ2) is 7.70. The molecule has 1 aromatic rings. The smallest absolute Gasteiger partial charge is 0.240 e. The van der Waals surface area contributed by atoms with Crippen LogP contribution in [0.5, 0.6) is 0 Å². The number of hydrogen-bond acceptors (Lipinski definition) is 4. The molecule has 1 heterocycles. The Hall–Kier alpha value is -1.02. The molecule has 7 heteroatoms. The Kier molecular flexibility index (Phi) is 6.13. The van der Waals surface area contributed by atoms with Crippen molar-refractivity contribution >= 4 is 10.0 Å². The van der Waals surface area contributed by atoms with E-state index in [4.69, 9.17) is 4.74 Å². The number of hydrogen-bond donors (Lipinski definition) is 1. The molecule has 1 fully saturated rings. The van der Waals surface area contributed by atoms with Crippen molar-refractivity contribution in [3.05, 3.63) is 29.6 Å². The summed E-state index contributed by atoms with van der Waals surface area (Å²) in [5.74, 6) is 0.0332. The third-order valence-electron chi connectivity index (χ3n) is 3.80. The number of morpholine rings is 1. The minimum Gasteiger partial charge on any atom is -0.374 e. The summed E-state index contributed by atoms with van der Waals surface area (Å²) < 4.78 is 46.2. The Morgan fingerprint density at radius 3 is 2.83 bits per heavy atom. The number of halogens is 1. The third kappa shape index (κ3) is 5.24. The molecule has 130 valence electrons. The van der Waals surface area contributed by atoms with E-state index in [0.29, 0.717) is 24.6 Å². The van der Waals surface area contributed by atoms with Crippen LogP contribution in [0, 0.1) is 18.7 Å². The zero-order valence-electron chi connectivity index (χ0n) is 13.9. The van der Waals surface area contributed by atoms with Gasteiger partial charge in [-0.3, -0.25) is 4.90 Å². The standard InChI is InChI=1S/C16H25FN2O3S/c1-12(2)10-19-6-7-22-14(11-19)9-18-23(20,21)15-5-4-13(3)16(17)8-15/h4-5,8,12,14,18H,6-7,9-11H2,1-3H3/t14-/m0/s1.